The molecule has 3 aliphatic rings. The molecule has 0 radical (unpaired) electrons. The number of nitrogens with zero attached hydrogens (tertiary/aromatic N) is 4. The third kappa shape index (κ3) is 4.91. The summed E-state index contributed by atoms with van der Waals surface area (Å²) in [6.07, 6.45) is 12.1. The smallest absolute Gasteiger partial charge is 0.251 e. The van der Waals surface area contributed by atoms with Gasteiger partial charge in [-0.05, 0) is 63.5 Å². The Hall–Kier alpha value is -3.13. The number of imidazole rings is 1. The molecule has 0 atom stereocenters. The van der Waals surface area contributed by atoms with Gasteiger partial charge in [-0.3, -0.25) is 4.79 Å². The minimum absolute atomic E-state index is 0.0103. The van der Waals surface area contributed by atoms with E-state index in [0.29, 0.717) is 23.5 Å². The summed E-state index contributed by atoms with van der Waals surface area (Å²) in [6.45, 7) is 1.56. The molecular weight excluding hydrogens is 454 g/mol. The standard InChI is InChI=1S/C28H35N5O3/c1-32(22-13-15-35-16-14-22)24-17-26(36-23-5-3-2-4-6-23)31-33-25(18-29-27(24)33)19-7-9-20(10-8-19)28(34)30-21-11-12-21/h7-10,17-18,21-23H,2-6,11-16H2,1H3,(H,30,34). The van der Waals surface area contributed by atoms with E-state index in [4.69, 9.17) is 19.6 Å². The van der Waals surface area contributed by atoms with Crippen LogP contribution in [-0.2, 0) is 4.74 Å². The zero-order valence-corrected chi connectivity index (χ0v) is 21.0. The molecule has 0 bridgehead atoms. The van der Waals surface area contributed by atoms with Crippen LogP contribution in [0.4, 0.5) is 5.69 Å². The molecule has 1 aliphatic heterocycles. The molecule has 1 amide bonds. The molecule has 2 aromatic heterocycles. The lowest BCUT2D eigenvalue weighted by atomic mass is 9.98. The van der Waals surface area contributed by atoms with Gasteiger partial charge in [0.2, 0.25) is 5.88 Å². The summed E-state index contributed by atoms with van der Waals surface area (Å²) in [4.78, 5) is 19.5. The van der Waals surface area contributed by atoms with E-state index in [1.54, 1.807) is 0 Å². The highest BCUT2D eigenvalue weighted by molar-refractivity contribution is 5.95. The van der Waals surface area contributed by atoms with Gasteiger partial charge in [-0.1, -0.05) is 18.6 Å². The molecule has 0 unspecified atom stereocenters. The van der Waals surface area contributed by atoms with E-state index in [1.807, 2.05) is 35.0 Å². The van der Waals surface area contributed by atoms with E-state index in [-0.39, 0.29) is 12.0 Å². The molecule has 6 rings (SSSR count). The number of anilines is 1. The molecule has 190 valence electrons. The third-order valence-electron chi connectivity index (χ3n) is 7.74. The second-order valence-corrected chi connectivity index (χ2v) is 10.4. The van der Waals surface area contributed by atoms with Crippen LogP contribution in [0.3, 0.4) is 0 Å². The van der Waals surface area contributed by atoms with Gasteiger partial charge >= 0.3 is 0 Å². The highest BCUT2D eigenvalue weighted by Crippen LogP contribution is 2.32. The van der Waals surface area contributed by atoms with Crippen molar-refractivity contribution < 1.29 is 14.3 Å². The van der Waals surface area contributed by atoms with E-state index in [2.05, 4.69) is 23.3 Å². The molecule has 0 spiro atoms. The number of carbonyl (C=O) groups is 1. The van der Waals surface area contributed by atoms with Crippen LogP contribution in [0, 0.1) is 0 Å². The van der Waals surface area contributed by atoms with Crippen molar-refractivity contribution in [3.05, 3.63) is 42.1 Å². The quantitative estimate of drug-likeness (QED) is 0.522. The highest BCUT2D eigenvalue weighted by atomic mass is 16.5. The van der Waals surface area contributed by atoms with E-state index in [1.165, 1.54) is 19.3 Å². The Labute approximate surface area is 212 Å². The fourth-order valence-electron chi connectivity index (χ4n) is 5.36. The zero-order valence-electron chi connectivity index (χ0n) is 21.0. The van der Waals surface area contributed by atoms with Crippen molar-refractivity contribution in [1.82, 2.24) is 19.9 Å². The van der Waals surface area contributed by atoms with Gasteiger partial charge in [0.05, 0.1) is 17.6 Å². The number of benzene rings is 1. The second kappa shape index (κ2) is 10.1. The van der Waals surface area contributed by atoms with Crippen LogP contribution in [0.5, 0.6) is 5.88 Å². The Kier molecular flexibility index (Phi) is 6.52. The Morgan fingerprint density at radius 1 is 1.06 bits per heavy atom. The Morgan fingerprint density at radius 2 is 1.81 bits per heavy atom. The summed E-state index contributed by atoms with van der Waals surface area (Å²) >= 11 is 0. The second-order valence-electron chi connectivity index (χ2n) is 10.4. The number of fused-ring (bicyclic) bond motifs is 1. The molecule has 1 saturated heterocycles. The molecule has 36 heavy (non-hydrogen) atoms. The van der Waals surface area contributed by atoms with Crippen LogP contribution in [0.25, 0.3) is 16.9 Å². The molecule has 8 heteroatoms. The maximum atomic E-state index is 12.4. The Morgan fingerprint density at radius 3 is 2.53 bits per heavy atom. The van der Waals surface area contributed by atoms with E-state index in [9.17, 15) is 4.79 Å². The number of carbonyl (C=O) groups excluding carboxylic acids is 1. The summed E-state index contributed by atoms with van der Waals surface area (Å²) in [5.74, 6) is 0.631. The number of ether oxygens (including phenoxy) is 2. The average molecular weight is 490 g/mol. The maximum Gasteiger partial charge on any atom is 0.251 e. The summed E-state index contributed by atoms with van der Waals surface area (Å²) in [5.41, 5.74) is 4.36. The molecule has 8 nitrogen and oxygen atoms in total. The average Bonchev–Trinajstić information content (AvgIpc) is 3.64. The molecule has 2 saturated carbocycles. The van der Waals surface area contributed by atoms with Crippen LogP contribution in [0.2, 0.25) is 0 Å². The monoisotopic (exact) mass is 489 g/mol. The lowest BCUT2D eigenvalue weighted by molar-refractivity contribution is 0.0855. The summed E-state index contributed by atoms with van der Waals surface area (Å²) in [5, 5.41) is 7.95. The predicted molar refractivity (Wildman–Crippen MR) is 139 cm³/mol. The first kappa shape index (κ1) is 23.3. The number of hydrogen-bond donors (Lipinski definition) is 1. The van der Waals surface area contributed by atoms with Gasteiger partial charge < -0.3 is 19.7 Å². The van der Waals surface area contributed by atoms with Crippen molar-refractivity contribution in [2.75, 3.05) is 25.2 Å². The van der Waals surface area contributed by atoms with Crippen molar-refractivity contribution in [3.63, 3.8) is 0 Å². The van der Waals surface area contributed by atoms with Gasteiger partial charge in [0.15, 0.2) is 5.65 Å². The van der Waals surface area contributed by atoms with Gasteiger partial charge in [0.25, 0.3) is 5.91 Å². The summed E-state index contributed by atoms with van der Waals surface area (Å²) in [7, 11) is 2.14. The molecule has 2 aliphatic carbocycles. The minimum Gasteiger partial charge on any atom is -0.473 e. The molecule has 1 aromatic carbocycles. The lowest BCUT2D eigenvalue weighted by Gasteiger charge is -2.33. The molecular formula is C28H35N5O3. The van der Waals surface area contributed by atoms with Gasteiger partial charge in [0, 0.05) is 49.5 Å². The molecule has 3 fully saturated rings. The van der Waals surface area contributed by atoms with Crippen LogP contribution < -0.4 is 15.0 Å². The third-order valence-corrected chi connectivity index (χ3v) is 7.74. The number of amides is 1. The van der Waals surface area contributed by atoms with Gasteiger partial charge in [0.1, 0.15) is 6.10 Å². The van der Waals surface area contributed by atoms with Crippen LogP contribution in [0.15, 0.2) is 36.5 Å². The van der Waals surface area contributed by atoms with Gasteiger partial charge in [-0.15, -0.1) is 5.10 Å². The van der Waals surface area contributed by atoms with Crippen LogP contribution in [-0.4, -0.2) is 59.0 Å². The first-order valence-electron chi connectivity index (χ1n) is 13.4. The van der Waals surface area contributed by atoms with Crippen molar-refractivity contribution >= 4 is 17.2 Å². The Bertz CT molecular complexity index is 1210. The van der Waals surface area contributed by atoms with E-state index in [0.717, 1.165) is 74.3 Å². The zero-order chi connectivity index (χ0) is 24.5. The summed E-state index contributed by atoms with van der Waals surface area (Å²) in [6, 6.07) is 10.5. The maximum absolute atomic E-state index is 12.4. The molecule has 3 aromatic rings. The van der Waals surface area contributed by atoms with Crippen LogP contribution >= 0.6 is 0 Å². The van der Waals surface area contributed by atoms with Gasteiger partial charge in [-0.25, -0.2) is 9.50 Å². The van der Waals surface area contributed by atoms with Crippen molar-refractivity contribution in [2.24, 2.45) is 0 Å². The number of rotatable bonds is 7. The topological polar surface area (TPSA) is 81.0 Å². The van der Waals surface area contributed by atoms with E-state index < -0.39 is 0 Å². The normalized spacial score (nSPS) is 19.4. The number of aromatic nitrogens is 3. The largest absolute Gasteiger partial charge is 0.473 e. The fourth-order valence-corrected chi connectivity index (χ4v) is 5.36. The minimum atomic E-state index is -0.0103. The number of hydrogen-bond acceptors (Lipinski definition) is 6. The predicted octanol–water partition coefficient (Wildman–Crippen LogP) is 4.62. The molecule has 3 heterocycles. The van der Waals surface area contributed by atoms with Crippen molar-refractivity contribution in [3.8, 4) is 17.1 Å². The SMILES string of the molecule is CN(c1cc(OC2CCCCC2)nn2c(-c3ccc(C(=O)NC4CC4)cc3)cnc12)C1CCOCC1. The van der Waals surface area contributed by atoms with Crippen molar-refractivity contribution in [2.45, 2.75) is 76.0 Å². The van der Waals surface area contributed by atoms with E-state index >= 15 is 0 Å². The first-order chi connectivity index (χ1) is 17.7. The highest BCUT2D eigenvalue weighted by Gasteiger charge is 2.26. The lowest BCUT2D eigenvalue weighted by Crippen LogP contribution is -2.37. The fraction of sp³-hybridized carbons (Fsp3) is 0.536. The Balaban J connectivity index is 1.34. The number of nitrogens with one attached hydrogen (secondary N) is 1. The van der Waals surface area contributed by atoms with Crippen LogP contribution in [0.1, 0.15) is 68.1 Å². The molecule has 1 N–H and O–H groups in total. The summed E-state index contributed by atoms with van der Waals surface area (Å²) < 4.78 is 13.9. The van der Waals surface area contributed by atoms with Crippen molar-refractivity contribution in [1.29, 1.82) is 0 Å². The first-order valence-corrected chi connectivity index (χ1v) is 13.4. The van der Waals surface area contributed by atoms with Gasteiger partial charge in [-0.2, -0.15) is 0 Å².